The van der Waals surface area contributed by atoms with Gasteiger partial charge >= 0.3 is 0 Å². The molecule has 1 unspecified atom stereocenters. The normalized spacial score (nSPS) is 21.2. The van der Waals surface area contributed by atoms with Crippen molar-refractivity contribution in [2.24, 2.45) is 5.41 Å². The maximum Gasteiger partial charge on any atom is 0.135 e. The molecule has 0 radical (unpaired) electrons. The van der Waals surface area contributed by atoms with Crippen molar-refractivity contribution in [3.05, 3.63) is 11.9 Å². The van der Waals surface area contributed by atoms with Crippen molar-refractivity contribution in [2.75, 3.05) is 17.2 Å². The highest BCUT2D eigenvalue weighted by Crippen LogP contribution is 2.38. The van der Waals surface area contributed by atoms with E-state index < -0.39 is 0 Å². The Balaban J connectivity index is 2.14. The van der Waals surface area contributed by atoms with Crippen LogP contribution in [0.1, 0.15) is 65.6 Å². The van der Waals surface area contributed by atoms with E-state index in [-0.39, 0.29) is 0 Å². The molecule has 1 atom stereocenters. The SMILES string of the molecule is CCNc1cc(NC2CCC(C)(C)C2)nc(C(C)C)n1. The van der Waals surface area contributed by atoms with Gasteiger partial charge in [-0.3, -0.25) is 0 Å². The summed E-state index contributed by atoms with van der Waals surface area (Å²) < 4.78 is 0. The van der Waals surface area contributed by atoms with Gasteiger partial charge in [0.25, 0.3) is 0 Å². The smallest absolute Gasteiger partial charge is 0.135 e. The first-order chi connectivity index (χ1) is 9.39. The van der Waals surface area contributed by atoms with Crippen molar-refractivity contribution < 1.29 is 0 Å². The molecule has 1 aromatic heterocycles. The lowest BCUT2D eigenvalue weighted by Gasteiger charge is -2.19. The third kappa shape index (κ3) is 3.84. The summed E-state index contributed by atoms with van der Waals surface area (Å²) in [6.07, 6.45) is 3.72. The van der Waals surface area contributed by atoms with Crippen molar-refractivity contribution in [2.45, 2.75) is 65.8 Å². The van der Waals surface area contributed by atoms with Crippen LogP contribution in [-0.2, 0) is 0 Å². The lowest BCUT2D eigenvalue weighted by atomic mass is 9.92. The maximum atomic E-state index is 4.66. The van der Waals surface area contributed by atoms with Crippen LogP contribution >= 0.6 is 0 Å². The predicted octanol–water partition coefficient (Wildman–Crippen LogP) is 4.02. The molecule has 0 aromatic carbocycles. The highest BCUT2D eigenvalue weighted by Gasteiger charge is 2.31. The van der Waals surface area contributed by atoms with Crippen LogP contribution < -0.4 is 10.6 Å². The van der Waals surface area contributed by atoms with E-state index in [0.29, 0.717) is 17.4 Å². The van der Waals surface area contributed by atoms with Gasteiger partial charge in [0.1, 0.15) is 17.5 Å². The van der Waals surface area contributed by atoms with Crippen molar-refractivity contribution in [3.63, 3.8) is 0 Å². The summed E-state index contributed by atoms with van der Waals surface area (Å²) in [5.41, 5.74) is 0.454. The van der Waals surface area contributed by atoms with E-state index >= 15 is 0 Å². The lowest BCUT2D eigenvalue weighted by Crippen LogP contribution is -2.19. The number of nitrogens with zero attached hydrogens (tertiary/aromatic N) is 2. The molecule has 2 N–H and O–H groups in total. The van der Waals surface area contributed by atoms with Crippen LogP contribution in [0.4, 0.5) is 11.6 Å². The van der Waals surface area contributed by atoms with Gasteiger partial charge in [-0.25, -0.2) is 9.97 Å². The standard InChI is InChI=1S/C16H28N4/c1-6-17-13-9-14(20-15(19-13)11(2)3)18-12-7-8-16(4,5)10-12/h9,11-12H,6-8,10H2,1-5H3,(H2,17,18,19,20). The summed E-state index contributed by atoms with van der Waals surface area (Å²) in [5, 5.41) is 6.89. The van der Waals surface area contributed by atoms with Gasteiger partial charge < -0.3 is 10.6 Å². The molecular weight excluding hydrogens is 248 g/mol. The topological polar surface area (TPSA) is 49.8 Å². The number of hydrogen-bond donors (Lipinski definition) is 2. The molecule has 1 heterocycles. The Morgan fingerprint density at radius 2 is 2.00 bits per heavy atom. The Morgan fingerprint density at radius 3 is 2.55 bits per heavy atom. The zero-order valence-corrected chi connectivity index (χ0v) is 13.5. The zero-order valence-electron chi connectivity index (χ0n) is 13.5. The lowest BCUT2D eigenvalue weighted by molar-refractivity contribution is 0.378. The fourth-order valence-electron chi connectivity index (χ4n) is 2.84. The molecule has 0 amide bonds. The first kappa shape index (κ1) is 15.1. The molecule has 1 fully saturated rings. The van der Waals surface area contributed by atoms with Crippen LogP contribution in [-0.4, -0.2) is 22.6 Å². The van der Waals surface area contributed by atoms with Crippen LogP contribution in [0.3, 0.4) is 0 Å². The number of anilines is 2. The van der Waals surface area contributed by atoms with Crippen molar-refractivity contribution >= 4 is 11.6 Å². The molecule has 1 aliphatic rings. The number of hydrogen-bond acceptors (Lipinski definition) is 4. The molecule has 1 aromatic rings. The first-order valence-corrected chi connectivity index (χ1v) is 7.79. The monoisotopic (exact) mass is 276 g/mol. The minimum Gasteiger partial charge on any atom is -0.370 e. The van der Waals surface area contributed by atoms with Gasteiger partial charge in [0.05, 0.1) is 0 Å². The number of aromatic nitrogens is 2. The number of nitrogens with one attached hydrogen (secondary N) is 2. The second kappa shape index (κ2) is 5.98. The Bertz CT molecular complexity index is 454. The zero-order chi connectivity index (χ0) is 14.8. The summed E-state index contributed by atoms with van der Waals surface area (Å²) in [7, 11) is 0. The van der Waals surface area contributed by atoms with E-state index in [0.717, 1.165) is 24.0 Å². The fourth-order valence-corrected chi connectivity index (χ4v) is 2.84. The third-order valence-corrected chi connectivity index (χ3v) is 3.94. The molecule has 112 valence electrons. The second-order valence-electron chi connectivity index (χ2n) is 6.93. The largest absolute Gasteiger partial charge is 0.370 e. The summed E-state index contributed by atoms with van der Waals surface area (Å²) in [4.78, 5) is 9.23. The van der Waals surface area contributed by atoms with Crippen molar-refractivity contribution in [3.8, 4) is 0 Å². The third-order valence-electron chi connectivity index (χ3n) is 3.94. The highest BCUT2D eigenvalue weighted by molar-refractivity contribution is 5.48. The van der Waals surface area contributed by atoms with Gasteiger partial charge in [-0.1, -0.05) is 27.7 Å². The van der Waals surface area contributed by atoms with Gasteiger partial charge in [0, 0.05) is 24.6 Å². The van der Waals surface area contributed by atoms with E-state index in [4.69, 9.17) is 0 Å². The molecule has 0 saturated heterocycles. The molecule has 4 heteroatoms. The van der Waals surface area contributed by atoms with Gasteiger partial charge in [0.2, 0.25) is 0 Å². The Morgan fingerprint density at radius 1 is 1.30 bits per heavy atom. The minimum absolute atomic E-state index is 0.342. The molecule has 1 aliphatic carbocycles. The van der Waals surface area contributed by atoms with E-state index in [9.17, 15) is 0 Å². The first-order valence-electron chi connectivity index (χ1n) is 7.79. The predicted molar refractivity (Wildman–Crippen MR) is 85.3 cm³/mol. The van der Waals surface area contributed by atoms with Crippen molar-refractivity contribution in [1.29, 1.82) is 0 Å². The maximum absolute atomic E-state index is 4.66. The Kier molecular flexibility index (Phi) is 4.51. The van der Waals surface area contributed by atoms with Crippen LogP contribution in [0.5, 0.6) is 0 Å². The summed E-state index contributed by atoms with van der Waals surface area (Å²) in [6.45, 7) is 11.9. The molecule has 20 heavy (non-hydrogen) atoms. The van der Waals surface area contributed by atoms with Gasteiger partial charge in [-0.2, -0.15) is 0 Å². The molecule has 0 aliphatic heterocycles. The minimum atomic E-state index is 0.342. The van der Waals surface area contributed by atoms with E-state index in [1.165, 1.54) is 19.3 Å². The average molecular weight is 276 g/mol. The second-order valence-corrected chi connectivity index (χ2v) is 6.93. The molecule has 4 nitrogen and oxygen atoms in total. The molecule has 0 bridgehead atoms. The van der Waals surface area contributed by atoms with Crippen LogP contribution in [0, 0.1) is 5.41 Å². The molecule has 0 spiro atoms. The fraction of sp³-hybridized carbons (Fsp3) is 0.750. The van der Waals surface area contributed by atoms with E-state index in [1.807, 2.05) is 6.07 Å². The van der Waals surface area contributed by atoms with Crippen LogP contribution in [0.25, 0.3) is 0 Å². The molecule has 1 saturated carbocycles. The van der Waals surface area contributed by atoms with Crippen molar-refractivity contribution in [1.82, 2.24) is 9.97 Å². The molecular formula is C16H28N4. The van der Waals surface area contributed by atoms with Crippen LogP contribution in [0.15, 0.2) is 6.07 Å². The molecule has 2 rings (SSSR count). The quantitative estimate of drug-likeness (QED) is 0.852. The number of rotatable bonds is 5. The van der Waals surface area contributed by atoms with E-state index in [2.05, 4.69) is 55.2 Å². The average Bonchev–Trinajstić information content (AvgIpc) is 2.68. The van der Waals surface area contributed by atoms with Gasteiger partial charge in [-0.15, -0.1) is 0 Å². The van der Waals surface area contributed by atoms with Crippen LogP contribution in [0.2, 0.25) is 0 Å². The van der Waals surface area contributed by atoms with Gasteiger partial charge in [-0.05, 0) is 31.6 Å². The Hall–Kier alpha value is -1.32. The highest BCUT2D eigenvalue weighted by atomic mass is 15.1. The van der Waals surface area contributed by atoms with Gasteiger partial charge in [0.15, 0.2) is 0 Å². The summed E-state index contributed by atoms with van der Waals surface area (Å²) >= 11 is 0. The summed E-state index contributed by atoms with van der Waals surface area (Å²) in [5.74, 6) is 3.13. The van der Waals surface area contributed by atoms with E-state index in [1.54, 1.807) is 0 Å². The Labute approximate surface area is 122 Å². The summed E-state index contributed by atoms with van der Waals surface area (Å²) in [6, 6.07) is 2.56.